The zero-order chi connectivity index (χ0) is 14.4. The Morgan fingerprint density at radius 2 is 1.90 bits per heavy atom. The molecule has 0 aliphatic rings. The Morgan fingerprint density at radius 1 is 1.15 bits per heavy atom. The summed E-state index contributed by atoms with van der Waals surface area (Å²) in [5.41, 5.74) is 3.16. The number of aliphatic hydroxyl groups excluding tert-OH is 1. The molecule has 2 rings (SSSR count). The van der Waals surface area contributed by atoms with Crippen molar-refractivity contribution in [1.29, 1.82) is 0 Å². The van der Waals surface area contributed by atoms with E-state index in [0.29, 0.717) is 6.42 Å². The standard InChI is InChI=1S/C17H22N2O/c1-3-17(20)16-10-9-15(13-18-16)19(2)12-11-14-7-5-4-6-8-14/h4-10,13,17,20H,3,11-12H2,1-2H3. The summed E-state index contributed by atoms with van der Waals surface area (Å²) >= 11 is 0. The van der Waals surface area contributed by atoms with E-state index < -0.39 is 6.10 Å². The molecule has 0 amide bonds. The minimum absolute atomic E-state index is 0.460. The van der Waals surface area contributed by atoms with Crippen molar-refractivity contribution in [3.8, 4) is 0 Å². The van der Waals surface area contributed by atoms with Gasteiger partial charge in [0.15, 0.2) is 0 Å². The third kappa shape index (κ3) is 3.81. The lowest BCUT2D eigenvalue weighted by atomic mass is 10.1. The van der Waals surface area contributed by atoms with Crippen molar-refractivity contribution in [3.05, 3.63) is 59.9 Å². The molecule has 2 aromatic rings. The van der Waals surface area contributed by atoms with E-state index in [1.807, 2.05) is 31.3 Å². The van der Waals surface area contributed by atoms with Gasteiger partial charge in [0, 0.05) is 13.6 Å². The van der Waals surface area contributed by atoms with Crippen LogP contribution in [-0.4, -0.2) is 23.7 Å². The number of aliphatic hydroxyl groups is 1. The Morgan fingerprint density at radius 3 is 2.50 bits per heavy atom. The van der Waals surface area contributed by atoms with Gasteiger partial charge < -0.3 is 10.0 Å². The average molecular weight is 270 g/mol. The van der Waals surface area contributed by atoms with Crippen LogP contribution >= 0.6 is 0 Å². The first-order valence-corrected chi connectivity index (χ1v) is 7.09. The quantitative estimate of drug-likeness (QED) is 0.875. The first-order chi connectivity index (χ1) is 9.70. The maximum Gasteiger partial charge on any atom is 0.0957 e. The van der Waals surface area contributed by atoms with Crippen molar-refractivity contribution >= 4 is 5.69 Å². The highest BCUT2D eigenvalue weighted by Crippen LogP contribution is 2.17. The molecule has 3 heteroatoms. The van der Waals surface area contributed by atoms with Gasteiger partial charge in [0.1, 0.15) is 0 Å². The summed E-state index contributed by atoms with van der Waals surface area (Å²) in [5.74, 6) is 0. The van der Waals surface area contributed by atoms with Crippen LogP contribution in [0.1, 0.15) is 30.7 Å². The van der Waals surface area contributed by atoms with Crippen LogP contribution in [0, 0.1) is 0 Å². The minimum Gasteiger partial charge on any atom is -0.387 e. The van der Waals surface area contributed by atoms with Gasteiger partial charge in [0.25, 0.3) is 0 Å². The van der Waals surface area contributed by atoms with Crippen LogP contribution in [0.25, 0.3) is 0 Å². The molecule has 0 aliphatic carbocycles. The second-order valence-corrected chi connectivity index (χ2v) is 5.02. The lowest BCUT2D eigenvalue weighted by molar-refractivity contribution is 0.169. The summed E-state index contributed by atoms with van der Waals surface area (Å²) in [7, 11) is 2.07. The highest BCUT2D eigenvalue weighted by atomic mass is 16.3. The molecule has 0 aliphatic heterocycles. The molecule has 0 saturated carbocycles. The van der Waals surface area contributed by atoms with Gasteiger partial charge in [-0.1, -0.05) is 37.3 Å². The van der Waals surface area contributed by atoms with E-state index in [4.69, 9.17) is 0 Å². The molecule has 20 heavy (non-hydrogen) atoms. The van der Waals surface area contributed by atoms with E-state index in [1.54, 1.807) is 0 Å². The number of rotatable bonds is 6. The predicted octanol–water partition coefficient (Wildman–Crippen LogP) is 3.20. The van der Waals surface area contributed by atoms with Crippen LogP contribution in [0.2, 0.25) is 0 Å². The summed E-state index contributed by atoms with van der Waals surface area (Å²) in [6, 6.07) is 14.4. The summed E-state index contributed by atoms with van der Waals surface area (Å²) in [6.07, 6.45) is 3.07. The van der Waals surface area contributed by atoms with Crippen molar-refractivity contribution in [3.63, 3.8) is 0 Å². The van der Waals surface area contributed by atoms with Gasteiger partial charge in [0.05, 0.1) is 23.7 Å². The molecule has 1 unspecified atom stereocenters. The zero-order valence-electron chi connectivity index (χ0n) is 12.2. The lowest BCUT2D eigenvalue weighted by Crippen LogP contribution is -2.20. The number of pyridine rings is 1. The lowest BCUT2D eigenvalue weighted by Gasteiger charge is -2.19. The fraction of sp³-hybridized carbons (Fsp3) is 0.353. The van der Waals surface area contributed by atoms with Crippen LogP contribution in [0.15, 0.2) is 48.7 Å². The molecule has 0 radical (unpaired) electrons. The molecule has 1 aromatic heterocycles. The maximum absolute atomic E-state index is 9.73. The van der Waals surface area contributed by atoms with E-state index in [9.17, 15) is 5.11 Å². The highest BCUT2D eigenvalue weighted by molar-refractivity contribution is 5.44. The normalized spacial score (nSPS) is 12.2. The second-order valence-electron chi connectivity index (χ2n) is 5.02. The average Bonchev–Trinajstić information content (AvgIpc) is 2.53. The Hall–Kier alpha value is -1.87. The predicted molar refractivity (Wildman–Crippen MR) is 82.9 cm³/mol. The molecule has 1 aromatic carbocycles. The topological polar surface area (TPSA) is 36.4 Å². The van der Waals surface area contributed by atoms with Crippen molar-refractivity contribution in [1.82, 2.24) is 4.98 Å². The van der Waals surface area contributed by atoms with Crippen LogP contribution in [0.5, 0.6) is 0 Å². The van der Waals surface area contributed by atoms with Crippen LogP contribution < -0.4 is 4.90 Å². The smallest absolute Gasteiger partial charge is 0.0957 e. The monoisotopic (exact) mass is 270 g/mol. The molecular weight excluding hydrogens is 248 g/mol. The van der Waals surface area contributed by atoms with E-state index >= 15 is 0 Å². The van der Waals surface area contributed by atoms with E-state index in [-0.39, 0.29) is 0 Å². The molecule has 106 valence electrons. The molecule has 3 nitrogen and oxygen atoms in total. The largest absolute Gasteiger partial charge is 0.387 e. The van der Waals surface area contributed by atoms with Crippen molar-refractivity contribution < 1.29 is 5.11 Å². The van der Waals surface area contributed by atoms with Gasteiger partial charge in [-0.25, -0.2) is 0 Å². The molecule has 1 heterocycles. The Bertz CT molecular complexity index is 510. The SMILES string of the molecule is CCC(O)c1ccc(N(C)CCc2ccccc2)cn1. The fourth-order valence-electron chi connectivity index (χ4n) is 2.10. The van der Waals surface area contributed by atoms with Crippen molar-refractivity contribution in [2.45, 2.75) is 25.9 Å². The maximum atomic E-state index is 9.73. The fourth-order valence-corrected chi connectivity index (χ4v) is 2.10. The summed E-state index contributed by atoms with van der Waals surface area (Å²) in [5, 5.41) is 9.73. The van der Waals surface area contributed by atoms with Crippen molar-refractivity contribution in [2.24, 2.45) is 0 Å². The van der Waals surface area contributed by atoms with Gasteiger partial charge in [-0.2, -0.15) is 0 Å². The number of benzene rings is 1. The molecule has 0 fully saturated rings. The van der Waals surface area contributed by atoms with Crippen molar-refractivity contribution in [2.75, 3.05) is 18.5 Å². The summed E-state index contributed by atoms with van der Waals surface area (Å²) in [4.78, 5) is 6.52. The first kappa shape index (κ1) is 14.5. The van der Waals surface area contributed by atoms with Gasteiger partial charge in [-0.15, -0.1) is 0 Å². The number of anilines is 1. The molecule has 0 saturated heterocycles. The molecule has 0 spiro atoms. The number of likely N-dealkylation sites (N-methyl/N-ethyl adjacent to an activating group) is 1. The van der Waals surface area contributed by atoms with Gasteiger partial charge >= 0.3 is 0 Å². The number of aromatic nitrogens is 1. The van der Waals surface area contributed by atoms with E-state index in [0.717, 1.165) is 24.3 Å². The van der Waals surface area contributed by atoms with E-state index in [2.05, 4.69) is 41.2 Å². The van der Waals surface area contributed by atoms with Crippen LogP contribution in [0.3, 0.4) is 0 Å². The Kier molecular flexibility index (Phi) is 5.13. The van der Waals surface area contributed by atoms with Crippen LogP contribution in [0.4, 0.5) is 5.69 Å². The molecule has 1 atom stereocenters. The second kappa shape index (κ2) is 7.06. The minimum atomic E-state index is -0.460. The third-order valence-corrected chi connectivity index (χ3v) is 3.52. The van der Waals surface area contributed by atoms with Gasteiger partial charge in [-0.3, -0.25) is 4.98 Å². The van der Waals surface area contributed by atoms with E-state index in [1.165, 1.54) is 5.56 Å². The Balaban J connectivity index is 1.94. The third-order valence-electron chi connectivity index (χ3n) is 3.52. The number of hydrogen-bond acceptors (Lipinski definition) is 3. The summed E-state index contributed by atoms with van der Waals surface area (Å²) < 4.78 is 0. The number of hydrogen-bond donors (Lipinski definition) is 1. The van der Waals surface area contributed by atoms with Gasteiger partial charge in [-0.05, 0) is 30.5 Å². The first-order valence-electron chi connectivity index (χ1n) is 7.09. The highest BCUT2D eigenvalue weighted by Gasteiger charge is 2.07. The molecule has 0 bridgehead atoms. The van der Waals surface area contributed by atoms with Gasteiger partial charge in [0.2, 0.25) is 0 Å². The molecular formula is C17H22N2O. The molecule has 1 N–H and O–H groups in total. The van der Waals surface area contributed by atoms with Crippen LogP contribution in [-0.2, 0) is 6.42 Å². The Labute approximate surface area is 120 Å². The summed E-state index contributed by atoms with van der Waals surface area (Å²) in [6.45, 7) is 2.90. The zero-order valence-corrected chi connectivity index (χ0v) is 12.2. The number of nitrogens with zero attached hydrogens (tertiary/aromatic N) is 2.